The standard InChI is InChI=1S/C18H23NS/c1-14-7-12-18(20-14)13-19-17-10-8-16(9-11-17)15-5-3-2-4-6-15/h2-7,12,16-17,19H,8-11,13H2,1H3. The molecule has 1 saturated carbocycles. The van der Waals surface area contributed by atoms with Crippen molar-refractivity contribution in [1.29, 1.82) is 0 Å². The first-order chi connectivity index (χ1) is 9.81. The van der Waals surface area contributed by atoms with Crippen LogP contribution in [-0.2, 0) is 6.54 Å². The lowest BCUT2D eigenvalue weighted by Crippen LogP contribution is -2.32. The molecule has 20 heavy (non-hydrogen) atoms. The Labute approximate surface area is 126 Å². The zero-order chi connectivity index (χ0) is 13.8. The zero-order valence-electron chi connectivity index (χ0n) is 12.1. The summed E-state index contributed by atoms with van der Waals surface area (Å²) in [5.74, 6) is 0.776. The van der Waals surface area contributed by atoms with Crippen LogP contribution in [0.2, 0.25) is 0 Å². The van der Waals surface area contributed by atoms with Crippen molar-refractivity contribution in [1.82, 2.24) is 5.32 Å². The van der Waals surface area contributed by atoms with Gasteiger partial charge in [-0.05, 0) is 56.2 Å². The summed E-state index contributed by atoms with van der Waals surface area (Å²) < 4.78 is 0. The van der Waals surface area contributed by atoms with Gasteiger partial charge < -0.3 is 5.32 Å². The Morgan fingerprint density at radius 2 is 1.75 bits per heavy atom. The highest BCUT2D eigenvalue weighted by atomic mass is 32.1. The Balaban J connectivity index is 1.47. The summed E-state index contributed by atoms with van der Waals surface area (Å²) >= 11 is 1.91. The van der Waals surface area contributed by atoms with Gasteiger partial charge in [0.2, 0.25) is 0 Å². The van der Waals surface area contributed by atoms with Crippen molar-refractivity contribution in [3.05, 3.63) is 57.8 Å². The van der Waals surface area contributed by atoms with Gasteiger partial charge >= 0.3 is 0 Å². The van der Waals surface area contributed by atoms with Gasteiger partial charge in [0, 0.05) is 22.3 Å². The highest BCUT2D eigenvalue weighted by Gasteiger charge is 2.21. The minimum Gasteiger partial charge on any atom is -0.309 e. The van der Waals surface area contributed by atoms with E-state index in [-0.39, 0.29) is 0 Å². The first kappa shape index (κ1) is 13.8. The van der Waals surface area contributed by atoms with Gasteiger partial charge in [-0.15, -0.1) is 11.3 Å². The fraction of sp³-hybridized carbons (Fsp3) is 0.444. The second-order valence-corrected chi connectivity index (χ2v) is 7.22. The average Bonchev–Trinajstić information content (AvgIpc) is 2.92. The largest absolute Gasteiger partial charge is 0.309 e. The molecule has 106 valence electrons. The number of aryl methyl sites for hydroxylation is 1. The van der Waals surface area contributed by atoms with Crippen molar-refractivity contribution >= 4 is 11.3 Å². The van der Waals surface area contributed by atoms with E-state index in [0.717, 1.165) is 12.5 Å². The molecular weight excluding hydrogens is 262 g/mol. The van der Waals surface area contributed by atoms with Gasteiger partial charge in [0.05, 0.1) is 0 Å². The van der Waals surface area contributed by atoms with Crippen LogP contribution in [0.15, 0.2) is 42.5 Å². The summed E-state index contributed by atoms with van der Waals surface area (Å²) in [4.78, 5) is 2.88. The van der Waals surface area contributed by atoms with Crippen LogP contribution in [0.3, 0.4) is 0 Å². The maximum Gasteiger partial charge on any atom is 0.0302 e. The van der Waals surface area contributed by atoms with Crippen LogP contribution >= 0.6 is 11.3 Å². The molecule has 0 radical (unpaired) electrons. The lowest BCUT2D eigenvalue weighted by molar-refractivity contribution is 0.342. The van der Waals surface area contributed by atoms with Gasteiger partial charge in [0.15, 0.2) is 0 Å². The molecule has 1 aromatic heterocycles. The molecule has 0 unspecified atom stereocenters. The van der Waals surface area contributed by atoms with E-state index in [9.17, 15) is 0 Å². The summed E-state index contributed by atoms with van der Waals surface area (Å²) in [6.45, 7) is 3.22. The molecule has 3 rings (SSSR count). The number of thiophene rings is 1. The number of hydrogen-bond acceptors (Lipinski definition) is 2. The van der Waals surface area contributed by atoms with Crippen LogP contribution in [0.5, 0.6) is 0 Å². The normalized spacial score (nSPS) is 22.9. The SMILES string of the molecule is Cc1ccc(CNC2CCC(c3ccccc3)CC2)s1. The molecule has 0 atom stereocenters. The summed E-state index contributed by atoms with van der Waals surface area (Å²) in [6.07, 6.45) is 5.27. The lowest BCUT2D eigenvalue weighted by atomic mass is 9.82. The maximum absolute atomic E-state index is 3.73. The van der Waals surface area contributed by atoms with Crippen LogP contribution in [0.25, 0.3) is 0 Å². The first-order valence-corrected chi connectivity index (χ1v) is 8.46. The molecule has 0 spiro atoms. The monoisotopic (exact) mass is 285 g/mol. The molecule has 0 aliphatic heterocycles. The number of rotatable bonds is 4. The fourth-order valence-corrected chi connectivity index (χ4v) is 4.02. The summed E-state index contributed by atoms with van der Waals surface area (Å²) in [6, 6.07) is 16.2. The Hall–Kier alpha value is -1.12. The first-order valence-electron chi connectivity index (χ1n) is 7.65. The summed E-state index contributed by atoms with van der Waals surface area (Å²) in [7, 11) is 0. The molecule has 1 aromatic carbocycles. The average molecular weight is 285 g/mol. The Kier molecular flexibility index (Phi) is 4.54. The third-order valence-electron chi connectivity index (χ3n) is 4.36. The molecule has 1 nitrogen and oxygen atoms in total. The quantitative estimate of drug-likeness (QED) is 0.845. The zero-order valence-corrected chi connectivity index (χ0v) is 13.0. The van der Waals surface area contributed by atoms with Gasteiger partial charge in [-0.3, -0.25) is 0 Å². The summed E-state index contributed by atoms with van der Waals surface area (Å²) in [5, 5.41) is 3.73. The summed E-state index contributed by atoms with van der Waals surface area (Å²) in [5.41, 5.74) is 1.53. The molecule has 0 saturated heterocycles. The fourth-order valence-electron chi connectivity index (χ4n) is 3.18. The predicted octanol–water partition coefficient (Wildman–Crippen LogP) is 4.87. The molecule has 1 aliphatic rings. The van der Waals surface area contributed by atoms with Gasteiger partial charge in [-0.2, -0.15) is 0 Å². The second-order valence-electron chi connectivity index (χ2n) is 5.85. The van der Waals surface area contributed by atoms with E-state index in [4.69, 9.17) is 0 Å². The number of hydrogen-bond donors (Lipinski definition) is 1. The molecule has 1 heterocycles. The minimum atomic E-state index is 0.706. The van der Waals surface area contributed by atoms with E-state index >= 15 is 0 Å². The molecule has 0 bridgehead atoms. The molecule has 2 aromatic rings. The Morgan fingerprint density at radius 1 is 1.00 bits per heavy atom. The molecule has 0 amide bonds. The highest BCUT2D eigenvalue weighted by Crippen LogP contribution is 2.32. The van der Waals surface area contributed by atoms with E-state index in [1.165, 1.54) is 41.0 Å². The lowest BCUT2D eigenvalue weighted by Gasteiger charge is -2.29. The van der Waals surface area contributed by atoms with Crippen molar-refractivity contribution < 1.29 is 0 Å². The van der Waals surface area contributed by atoms with Crippen molar-refractivity contribution in [2.75, 3.05) is 0 Å². The molecule has 1 aliphatic carbocycles. The van der Waals surface area contributed by atoms with Crippen molar-refractivity contribution in [3.8, 4) is 0 Å². The molecular formula is C18H23NS. The van der Waals surface area contributed by atoms with E-state index in [0.29, 0.717) is 6.04 Å². The predicted molar refractivity (Wildman–Crippen MR) is 87.3 cm³/mol. The van der Waals surface area contributed by atoms with Crippen molar-refractivity contribution in [2.24, 2.45) is 0 Å². The maximum atomic E-state index is 3.73. The van der Waals surface area contributed by atoms with Crippen molar-refractivity contribution in [2.45, 2.75) is 51.1 Å². The third-order valence-corrected chi connectivity index (χ3v) is 5.36. The Morgan fingerprint density at radius 3 is 2.40 bits per heavy atom. The third kappa shape index (κ3) is 3.50. The number of benzene rings is 1. The molecule has 1 N–H and O–H groups in total. The van der Waals surface area contributed by atoms with Crippen molar-refractivity contribution in [3.63, 3.8) is 0 Å². The Bertz CT molecular complexity index is 523. The van der Waals surface area contributed by atoms with E-state index in [2.05, 4.69) is 54.7 Å². The van der Waals surface area contributed by atoms with Gasteiger partial charge in [0.1, 0.15) is 0 Å². The molecule has 1 fully saturated rings. The van der Waals surface area contributed by atoms with Crippen LogP contribution in [0.1, 0.15) is 46.9 Å². The van der Waals surface area contributed by atoms with Gasteiger partial charge in [-0.1, -0.05) is 30.3 Å². The van der Waals surface area contributed by atoms with Crippen LogP contribution in [0, 0.1) is 6.92 Å². The number of nitrogens with one attached hydrogen (secondary N) is 1. The molecule has 2 heteroatoms. The van der Waals surface area contributed by atoms with E-state index < -0.39 is 0 Å². The highest BCUT2D eigenvalue weighted by molar-refractivity contribution is 7.11. The van der Waals surface area contributed by atoms with Gasteiger partial charge in [-0.25, -0.2) is 0 Å². The van der Waals surface area contributed by atoms with E-state index in [1.807, 2.05) is 11.3 Å². The van der Waals surface area contributed by atoms with Crippen LogP contribution in [-0.4, -0.2) is 6.04 Å². The second kappa shape index (κ2) is 6.55. The topological polar surface area (TPSA) is 12.0 Å². The van der Waals surface area contributed by atoms with Gasteiger partial charge in [0.25, 0.3) is 0 Å². The van der Waals surface area contributed by atoms with Crippen LogP contribution < -0.4 is 5.32 Å². The smallest absolute Gasteiger partial charge is 0.0302 e. The van der Waals surface area contributed by atoms with E-state index in [1.54, 1.807) is 0 Å². The van der Waals surface area contributed by atoms with Crippen LogP contribution in [0.4, 0.5) is 0 Å². The minimum absolute atomic E-state index is 0.706.